The quantitative estimate of drug-likeness (QED) is 0.716. The highest BCUT2D eigenvalue weighted by Crippen LogP contribution is 2.36. The van der Waals surface area contributed by atoms with Crippen LogP contribution in [0.1, 0.15) is 24.5 Å². The van der Waals surface area contributed by atoms with Crippen LogP contribution in [0.3, 0.4) is 0 Å². The lowest BCUT2D eigenvalue weighted by atomic mass is 9.72. The molecule has 1 aliphatic rings. The molecule has 3 rings (SSSR count). The van der Waals surface area contributed by atoms with Crippen molar-refractivity contribution in [3.05, 3.63) is 71.8 Å². The Bertz CT molecular complexity index is 642. The molecule has 26 heavy (non-hydrogen) atoms. The van der Waals surface area contributed by atoms with Crippen molar-refractivity contribution in [2.45, 2.75) is 18.8 Å². The van der Waals surface area contributed by atoms with Crippen LogP contribution in [0.4, 0.5) is 0 Å². The Morgan fingerprint density at radius 3 is 2.04 bits per heavy atom. The van der Waals surface area contributed by atoms with Gasteiger partial charge in [-0.15, -0.1) is 0 Å². The van der Waals surface area contributed by atoms with Gasteiger partial charge in [0.2, 0.25) is 0 Å². The second-order valence-electron chi connectivity index (χ2n) is 6.80. The third-order valence-electron chi connectivity index (χ3n) is 5.13. The van der Waals surface area contributed by atoms with Crippen LogP contribution in [0, 0.1) is 0 Å². The topological polar surface area (TPSA) is 38.8 Å². The molecular formula is C22H27NO3. The van der Waals surface area contributed by atoms with Gasteiger partial charge in [0.1, 0.15) is 6.61 Å². The Kier molecular flexibility index (Phi) is 6.42. The van der Waals surface area contributed by atoms with Crippen LogP contribution in [0.5, 0.6) is 0 Å². The van der Waals surface area contributed by atoms with Crippen LogP contribution in [-0.2, 0) is 19.7 Å². The fourth-order valence-electron chi connectivity index (χ4n) is 3.61. The smallest absolute Gasteiger partial charge is 0.302 e. The second kappa shape index (κ2) is 8.97. The van der Waals surface area contributed by atoms with Crippen LogP contribution in [0.25, 0.3) is 0 Å². The summed E-state index contributed by atoms with van der Waals surface area (Å²) in [7, 11) is 0. The molecule has 4 heteroatoms. The standard InChI is InChI=1S/C22H27NO3/c1-19(24)26-18-22(20-8-4-2-5-9-20,21-10-6-3-7-11-21)12-13-23-14-16-25-17-15-23/h2-11H,12-18H2,1H3. The summed E-state index contributed by atoms with van der Waals surface area (Å²) in [4.78, 5) is 14.0. The Hall–Kier alpha value is -2.17. The highest BCUT2D eigenvalue weighted by Gasteiger charge is 2.36. The van der Waals surface area contributed by atoms with E-state index in [0.29, 0.717) is 6.61 Å². The molecule has 0 spiro atoms. The van der Waals surface area contributed by atoms with E-state index in [-0.39, 0.29) is 11.4 Å². The van der Waals surface area contributed by atoms with Crippen molar-refractivity contribution in [2.75, 3.05) is 39.5 Å². The van der Waals surface area contributed by atoms with Gasteiger partial charge >= 0.3 is 5.97 Å². The summed E-state index contributed by atoms with van der Waals surface area (Å²) in [5, 5.41) is 0. The van der Waals surface area contributed by atoms with Crippen LogP contribution in [-0.4, -0.2) is 50.3 Å². The van der Waals surface area contributed by atoms with Gasteiger partial charge < -0.3 is 9.47 Å². The van der Waals surface area contributed by atoms with Crippen molar-refractivity contribution in [3.8, 4) is 0 Å². The molecule has 1 aliphatic heterocycles. The molecule has 0 saturated carbocycles. The first-order chi connectivity index (χ1) is 12.7. The molecular weight excluding hydrogens is 326 g/mol. The summed E-state index contributed by atoms with van der Waals surface area (Å²) in [6, 6.07) is 20.8. The molecule has 4 nitrogen and oxygen atoms in total. The van der Waals surface area contributed by atoms with E-state index in [1.54, 1.807) is 0 Å². The molecule has 0 amide bonds. The van der Waals surface area contributed by atoms with E-state index in [1.807, 2.05) is 12.1 Å². The zero-order valence-corrected chi connectivity index (χ0v) is 15.4. The molecule has 0 N–H and O–H groups in total. The maximum atomic E-state index is 11.6. The van der Waals surface area contributed by atoms with E-state index in [4.69, 9.17) is 9.47 Å². The molecule has 0 unspecified atom stereocenters. The number of carbonyl (C=O) groups excluding carboxylic acids is 1. The highest BCUT2D eigenvalue weighted by molar-refractivity contribution is 5.66. The van der Waals surface area contributed by atoms with Crippen LogP contribution >= 0.6 is 0 Å². The van der Waals surface area contributed by atoms with Gasteiger partial charge in [-0.25, -0.2) is 0 Å². The molecule has 0 atom stereocenters. The zero-order valence-electron chi connectivity index (χ0n) is 15.4. The number of morpholine rings is 1. The first-order valence-corrected chi connectivity index (χ1v) is 9.25. The fourth-order valence-corrected chi connectivity index (χ4v) is 3.61. The normalized spacial score (nSPS) is 15.6. The minimum absolute atomic E-state index is 0.243. The Labute approximate surface area is 155 Å². The van der Waals surface area contributed by atoms with Crippen LogP contribution in [0.15, 0.2) is 60.7 Å². The minimum atomic E-state index is -0.355. The van der Waals surface area contributed by atoms with E-state index in [2.05, 4.69) is 53.4 Å². The van der Waals surface area contributed by atoms with Gasteiger partial charge in [0.25, 0.3) is 0 Å². The molecule has 2 aromatic carbocycles. The van der Waals surface area contributed by atoms with Gasteiger partial charge in [0.05, 0.1) is 18.6 Å². The average Bonchev–Trinajstić information content (AvgIpc) is 2.70. The lowest BCUT2D eigenvalue weighted by molar-refractivity contribution is -0.142. The summed E-state index contributed by atoms with van der Waals surface area (Å²) < 4.78 is 11.0. The molecule has 0 radical (unpaired) electrons. The summed E-state index contributed by atoms with van der Waals surface area (Å²) in [5.41, 5.74) is 2.01. The van der Waals surface area contributed by atoms with Crippen molar-refractivity contribution in [1.82, 2.24) is 4.90 Å². The molecule has 138 valence electrons. The van der Waals surface area contributed by atoms with Crippen molar-refractivity contribution in [2.24, 2.45) is 0 Å². The lowest BCUT2D eigenvalue weighted by Crippen LogP contribution is -2.42. The number of nitrogens with zero attached hydrogens (tertiary/aromatic N) is 1. The molecule has 0 aromatic heterocycles. The number of esters is 1. The largest absolute Gasteiger partial charge is 0.465 e. The van der Waals surface area contributed by atoms with Gasteiger partial charge in [-0.2, -0.15) is 0 Å². The second-order valence-corrected chi connectivity index (χ2v) is 6.80. The average molecular weight is 353 g/mol. The number of ether oxygens (including phenoxy) is 2. The van der Waals surface area contributed by atoms with Crippen LogP contribution in [0.2, 0.25) is 0 Å². The third kappa shape index (κ3) is 4.51. The lowest BCUT2D eigenvalue weighted by Gasteiger charge is -2.37. The van der Waals surface area contributed by atoms with E-state index < -0.39 is 0 Å². The first-order valence-electron chi connectivity index (χ1n) is 9.25. The number of benzene rings is 2. The predicted molar refractivity (Wildman–Crippen MR) is 102 cm³/mol. The molecule has 1 fully saturated rings. The Morgan fingerprint density at radius 2 is 1.54 bits per heavy atom. The number of hydrogen-bond acceptors (Lipinski definition) is 4. The van der Waals surface area contributed by atoms with E-state index in [0.717, 1.165) is 39.3 Å². The van der Waals surface area contributed by atoms with Gasteiger partial charge in [-0.3, -0.25) is 9.69 Å². The minimum Gasteiger partial charge on any atom is -0.465 e. The molecule has 2 aromatic rings. The molecule has 0 bridgehead atoms. The van der Waals surface area contributed by atoms with Crippen LogP contribution < -0.4 is 0 Å². The zero-order chi connectivity index (χ0) is 18.2. The monoisotopic (exact) mass is 353 g/mol. The van der Waals surface area contributed by atoms with Gasteiger partial charge in [0, 0.05) is 20.0 Å². The maximum Gasteiger partial charge on any atom is 0.302 e. The predicted octanol–water partition coefficient (Wildman–Crippen LogP) is 3.26. The summed E-state index contributed by atoms with van der Waals surface area (Å²) >= 11 is 0. The van der Waals surface area contributed by atoms with Crippen molar-refractivity contribution < 1.29 is 14.3 Å². The maximum absolute atomic E-state index is 11.6. The number of carbonyl (C=O) groups is 1. The van der Waals surface area contributed by atoms with Gasteiger partial charge in [-0.05, 0) is 24.1 Å². The fraction of sp³-hybridized carbons (Fsp3) is 0.409. The molecule has 0 aliphatic carbocycles. The molecule has 1 saturated heterocycles. The van der Waals surface area contributed by atoms with Crippen molar-refractivity contribution in [1.29, 1.82) is 0 Å². The Balaban J connectivity index is 1.94. The van der Waals surface area contributed by atoms with Crippen molar-refractivity contribution >= 4 is 5.97 Å². The van der Waals surface area contributed by atoms with Gasteiger partial charge in [0.15, 0.2) is 0 Å². The number of rotatable bonds is 7. The summed E-state index contributed by atoms with van der Waals surface area (Å²) in [6.07, 6.45) is 0.883. The molecule has 1 heterocycles. The Morgan fingerprint density at radius 1 is 1.00 bits per heavy atom. The van der Waals surface area contributed by atoms with Crippen molar-refractivity contribution in [3.63, 3.8) is 0 Å². The number of hydrogen-bond donors (Lipinski definition) is 0. The summed E-state index contributed by atoms with van der Waals surface area (Å²) in [5.74, 6) is -0.243. The SMILES string of the molecule is CC(=O)OCC(CCN1CCOCC1)(c1ccccc1)c1ccccc1. The first kappa shape index (κ1) is 18.6. The van der Waals surface area contributed by atoms with E-state index in [9.17, 15) is 4.79 Å². The third-order valence-corrected chi connectivity index (χ3v) is 5.13. The summed E-state index contributed by atoms with van der Waals surface area (Å²) in [6.45, 7) is 6.24. The van der Waals surface area contributed by atoms with E-state index in [1.165, 1.54) is 18.1 Å². The van der Waals surface area contributed by atoms with E-state index >= 15 is 0 Å². The van der Waals surface area contributed by atoms with Gasteiger partial charge in [-0.1, -0.05) is 60.7 Å². The highest BCUT2D eigenvalue weighted by atomic mass is 16.5.